The Kier molecular flexibility index (Phi) is 11.5. The number of hydrogen-bond donors (Lipinski definition) is 2. The fraction of sp³-hybridized carbons (Fsp3) is 0.414. The minimum Gasteiger partial charge on any atom is -0.487 e. The Labute approximate surface area is 244 Å². The number of aryl methyl sites for hydroxylation is 1. The molecule has 11 nitrogen and oxygen atoms in total. The number of ether oxygens (including phenoxy) is 2. The largest absolute Gasteiger partial charge is 0.487 e. The van der Waals surface area contributed by atoms with Crippen LogP contribution in [0.5, 0.6) is 11.5 Å². The highest BCUT2D eigenvalue weighted by Crippen LogP contribution is 2.27. The van der Waals surface area contributed by atoms with Gasteiger partial charge in [0.1, 0.15) is 19.3 Å². The van der Waals surface area contributed by atoms with Crippen LogP contribution in [0.3, 0.4) is 0 Å². The van der Waals surface area contributed by atoms with Gasteiger partial charge in [-0.2, -0.15) is 0 Å². The lowest BCUT2D eigenvalue weighted by atomic mass is 10.2. The molecule has 2 N–H and O–H groups in total. The second-order valence-electron chi connectivity index (χ2n) is 9.71. The first kappa shape index (κ1) is 31.9. The molecule has 0 aliphatic rings. The van der Waals surface area contributed by atoms with Gasteiger partial charge < -0.3 is 29.2 Å². The molecule has 0 spiro atoms. The van der Waals surface area contributed by atoms with E-state index >= 15 is 0 Å². The van der Waals surface area contributed by atoms with Crippen molar-refractivity contribution in [2.45, 2.75) is 52.3 Å². The summed E-state index contributed by atoms with van der Waals surface area (Å²) in [7, 11) is 1.79. The van der Waals surface area contributed by atoms with Gasteiger partial charge in [0.05, 0.1) is 19.0 Å². The molecule has 2 heterocycles. The van der Waals surface area contributed by atoms with E-state index < -0.39 is 23.5 Å². The molecule has 0 saturated heterocycles. The van der Waals surface area contributed by atoms with Crippen LogP contribution in [0.1, 0.15) is 19.4 Å². The van der Waals surface area contributed by atoms with Crippen molar-refractivity contribution in [1.29, 1.82) is 0 Å². The summed E-state index contributed by atoms with van der Waals surface area (Å²) in [4.78, 5) is 31.6. The lowest BCUT2D eigenvalue weighted by Gasteiger charge is -2.24. The molecule has 2 atom stereocenters. The number of fused-ring (bicyclic) bond motifs is 1. The smallest absolute Gasteiger partial charge is 0.332 e. The summed E-state index contributed by atoms with van der Waals surface area (Å²) in [6.07, 6.45) is -0.191. The van der Waals surface area contributed by atoms with E-state index in [1.54, 1.807) is 29.5 Å². The van der Waals surface area contributed by atoms with E-state index in [1.165, 1.54) is 15.5 Å². The van der Waals surface area contributed by atoms with Gasteiger partial charge in [-0.3, -0.25) is 13.9 Å². The van der Waals surface area contributed by atoms with E-state index in [2.05, 4.69) is 4.98 Å². The lowest BCUT2D eigenvalue weighted by molar-refractivity contribution is 0.0515. The van der Waals surface area contributed by atoms with Crippen molar-refractivity contribution in [3.63, 3.8) is 0 Å². The quantitative estimate of drug-likeness (QED) is 0.230. The Hall–Kier alpha value is -3.64. The number of hydrogen-bond acceptors (Lipinski definition) is 8. The number of benzene rings is 2. The highest BCUT2D eigenvalue weighted by molar-refractivity contribution is 5.85. The third kappa shape index (κ3) is 7.76. The van der Waals surface area contributed by atoms with E-state index in [9.17, 15) is 19.8 Å². The number of halogens is 1. The Morgan fingerprint density at radius 3 is 2.15 bits per heavy atom. The highest BCUT2D eigenvalue weighted by atomic mass is 35.5. The molecule has 41 heavy (non-hydrogen) atoms. The minimum absolute atomic E-state index is 0. The molecule has 222 valence electrons. The van der Waals surface area contributed by atoms with E-state index in [0.717, 1.165) is 5.56 Å². The zero-order valence-electron chi connectivity index (χ0n) is 23.5. The van der Waals surface area contributed by atoms with Crippen LogP contribution in [-0.2, 0) is 26.2 Å². The van der Waals surface area contributed by atoms with Crippen LogP contribution in [0.15, 0.2) is 70.5 Å². The van der Waals surface area contributed by atoms with Crippen LogP contribution < -0.4 is 20.7 Å². The van der Waals surface area contributed by atoms with Crippen molar-refractivity contribution in [1.82, 2.24) is 23.6 Å². The van der Waals surface area contributed by atoms with Gasteiger partial charge in [-0.05, 0) is 38.6 Å². The molecule has 0 fully saturated rings. The molecule has 0 aliphatic heterocycles. The van der Waals surface area contributed by atoms with Crippen LogP contribution in [0, 0.1) is 0 Å². The summed E-state index contributed by atoms with van der Waals surface area (Å²) < 4.78 is 16.0. The monoisotopic (exact) mass is 587 g/mol. The maximum atomic E-state index is 12.9. The number of aliphatic hydroxyl groups excluding tert-OH is 2. The summed E-state index contributed by atoms with van der Waals surface area (Å²) in [5.41, 5.74) is 0.812. The van der Waals surface area contributed by atoms with Gasteiger partial charge in [0.25, 0.3) is 5.56 Å². The van der Waals surface area contributed by atoms with Crippen molar-refractivity contribution < 1.29 is 19.7 Å². The van der Waals surface area contributed by atoms with E-state index in [4.69, 9.17) is 9.47 Å². The predicted octanol–water partition coefficient (Wildman–Crippen LogP) is 2.13. The fourth-order valence-corrected chi connectivity index (χ4v) is 4.68. The SMILES string of the molecule is CCn1c(=O)c2c(ncn2CC(O)CN(C)CC(O)COc2ccccc2OCc2ccccc2)n(CC)c1=O.Cl. The molecule has 0 saturated carbocycles. The van der Waals surface area contributed by atoms with E-state index in [1.807, 2.05) is 55.5 Å². The molecule has 0 bridgehead atoms. The van der Waals surface area contributed by atoms with Gasteiger partial charge >= 0.3 is 5.69 Å². The average molecular weight is 588 g/mol. The zero-order valence-corrected chi connectivity index (χ0v) is 24.4. The van der Waals surface area contributed by atoms with Gasteiger partial charge in [-0.1, -0.05) is 42.5 Å². The summed E-state index contributed by atoms with van der Waals surface area (Å²) in [6.45, 7) is 5.23. The second kappa shape index (κ2) is 14.8. The van der Waals surface area contributed by atoms with Crippen molar-refractivity contribution >= 4 is 23.6 Å². The lowest BCUT2D eigenvalue weighted by Crippen LogP contribution is -2.41. The number of para-hydroxylation sites is 2. The molecule has 2 aromatic carbocycles. The van der Waals surface area contributed by atoms with Gasteiger partial charge in [0.15, 0.2) is 22.7 Å². The van der Waals surface area contributed by atoms with Crippen LogP contribution in [0.2, 0.25) is 0 Å². The molecule has 0 aliphatic carbocycles. The summed E-state index contributed by atoms with van der Waals surface area (Å²) in [6, 6.07) is 17.1. The Bertz CT molecular complexity index is 1520. The Morgan fingerprint density at radius 2 is 1.49 bits per heavy atom. The van der Waals surface area contributed by atoms with Crippen molar-refractivity contribution in [2.75, 3.05) is 26.7 Å². The average Bonchev–Trinajstić information content (AvgIpc) is 3.35. The molecule has 2 unspecified atom stereocenters. The molecule has 0 radical (unpaired) electrons. The first-order valence-electron chi connectivity index (χ1n) is 13.4. The number of nitrogens with zero attached hydrogens (tertiary/aromatic N) is 5. The first-order valence-corrected chi connectivity index (χ1v) is 13.4. The van der Waals surface area contributed by atoms with Crippen molar-refractivity contribution in [2.24, 2.45) is 0 Å². The van der Waals surface area contributed by atoms with Crippen LogP contribution in [-0.4, -0.2) is 72.8 Å². The maximum Gasteiger partial charge on any atom is 0.332 e. The van der Waals surface area contributed by atoms with Gasteiger partial charge in [-0.25, -0.2) is 9.78 Å². The number of aromatic nitrogens is 4. The van der Waals surface area contributed by atoms with Crippen molar-refractivity contribution in [3.8, 4) is 11.5 Å². The Balaban J connectivity index is 0.00000462. The summed E-state index contributed by atoms with van der Waals surface area (Å²) >= 11 is 0. The second-order valence-corrected chi connectivity index (χ2v) is 9.71. The maximum absolute atomic E-state index is 12.9. The number of likely N-dealkylation sites (N-methyl/N-ethyl adjacent to an activating group) is 1. The fourth-order valence-electron chi connectivity index (χ4n) is 4.68. The number of aliphatic hydroxyl groups is 2. The third-order valence-electron chi connectivity index (χ3n) is 6.59. The molecule has 2 aromatic heterocycles. The van der Waals surface area contributed by atoms with E-state index in [0.29, 0.717) is 30.3 Å². The highest BCUT2D eigenvalue weighted by Gasteiger charge is 2.19. The number of imidazole rings is 1. The summed E-state index contributed by atoms with van der Waals surface area (Å²) in [5, 5.41) is 21.4. The molecule has 0 amide bonds. The topological polar surface area (TPSA) is 124 Å². The van der Waals surface area contributed by atoms with Crippen LogP contribution in [0.4, 0.5) is 0 Å². The van der Waals surface area contributed by atoms with E-state index in [-0.39, 0.29) is 50.7 Å². The van der Waals surface area contributed by atoms with Crippen molar-refractivity contribution in [3.05, 3.63) is 87.3 Å². The van der Waals surface area contributed by atoms with Crippen LogP contribution in [0.25, 0.3) is 11.2 Å². The standard InChI is InChI=1S/C29H37N5O6.ClH/c1-4-33-27-26(28(37)34(5-2)29(33)38)32(20-30-27)17-22(35)15-31(3)16-23(36)19-40-25-14-10-9-13-24(25)39-18-21-11-7-6-8-12-21;/h6-14,20,22-23,35-36H,4-5,15-19H2,1-3H3;1H. The molecule has 4 aromatic rings. The predicted molar refractivity (Wildman–Crippen MR) is 159 cm³/mol. The molecular weight excluding hydrogens is 550 g/mol. The van der Waals surface area contributed by atoms with Gasteiger partial charge in [-0.15, -0.1) is 12.4 Å². The van der Waals surface area contributed by atoms with Gasteiger partial charge in [0.2, 0.25) is 0 Å². The molecule has 12 heteroatoms. The zero-order chi connectivity index (χ0) is 28.6. The molecule has 4 rings (SSSR count). The number of rotatable bonds is 14. The minimum atomic E-state index is -0.848. The Morgan fingerprint density at radius 1 is 0.878 bits per heavy atom. The normalized spacial score (nSPS) is 12.7. The summed E-state index contributed by atoms with van der Waals surface area (Å²) in [5.74, 6) is 1.13. The van der Waals surface area contributed by atoms with Gasteiger partial charge in [0, 0.05) is 26.2 Å². The molecular formula is C29H38ClN5O6. The first-order chi connectivity index (χ1) is 19.3. The van der Waals surface area contributed by atoms with Crippen LogP contribution >= 0.6 is 12.4 Å². The third-order valence-corrected chi connectivity index (χ3v) is 6.59.